The van der Waals surface area contributed by atoms with Gasteiger partial charge in [-0.2, -0.15) is 8.78 Å². The quantitative estimate of drug-likeness (QED) is 0.309. The summed E-state index contributed by atoms with van der Waals surface area (Å²) in [6.45, 7) is 0.421. The maximum Gasteiger partial charge on any atom is 0.285 e. The van der Waals surface area contributed by atoms with E-state index >= 15 is 0 Å². The number of hydroxylamine groups is 2. The molecular formula is C23H15F4NO4. The number of rotatable bonds is 6. The maximum atomic E-state index is 14.5. The Morgan fingerprint density at radius 1 is 0.750 bits per heavy atom. The summed E-state index contributed by atoms with van der Waals surface area (Å²) in [4.78, 5) is 29.4. The van der Waals surface area contributed by atoms with E-state index in [2.05, 4.69) is 0 Å². The van der Waals surface area contributed by atoms with Crippen molar-refractivity contribution in [3.8, 4) is 5.75 Å². The SMILES string of the molecule is Cc1ccc(COc2c(F)c(F)c(CON3C(=O)c4ccccc4C3=O)c(F)c2F)cc1. The van der Waals surface area contributed by atoms with Gasteiger partial charge < -0.3 is 4.74 Å². The molecule has 0 radical (unpaired) electrons. The van der Waals surface area contributed by atoms with Crippen LogP contribution in [0.2, 0.25) is 0 Å². The molecule has 0 unspecified atom stereocenters. The van der Waals surface area contributed by atoms with Gasteiger partial charge in [-0.1, -0.05) is 42.0 Å². The molecule has 0 spiro atoms. The van der Waals surface area contributed by atoms with Crippen molar-refractivity contribution in [3.05, 3.63) is 99.6 Å². The number of fused-ring (bicyclic) bond motifs is 1. The Labute approximate surface area is 179 Å². The molecular weight excluding hydrogens is 430 g/mol. The Morgan fingerprint density at radius 2 is 1.28 bits per heavy atom. The van der Waals surface area contributed by atoms with Gasteiger partial charge in [0.25, 0.3) is 11.8 Å². The topological polar surface area (TPSA) is 55.8 Å². The molecule has 4 rings (SSSR count). The highest BCUT2D eigenvalue weighted by Gasteiger charge is 2.37. The van der Waals surface area contributed by atoms with E-state index in [0.717, 1.165) is 5.56 Å². The number of aryl methyl sites for hydroxylation is 1. The van der Waals surface area contributed by atoms with E-state index in [1.165, 1.54) is 24.3 Å². The molecule has 1 aliphatic rings. The fourth-order valence-electron chi connectivity index (χ4n) is 3.16. The Bertz CT molecular complexity index is 1160. The van der Waals surface area contributed by atoms with Gasteiger partial charge in [-0.15, -0.1) is 5.06 Å². The summed E-state index contributed by atoms with van der Waals surface area (Å²) in [6.07, 6.45) is 0. The molecule has 32 heavy (non-hydrogen) atoms. The van der Waals surface area contributed by atoms with Crippen molar-refractivity contribution >= 4 is 11.8 Å². The summed E-state index contributed by atoms with van der Waals surface area (Å²) in [6, 6.07) is 12.6. The lowest BCUT2D eigenvalue weighted by atomic mass is 10.1. The van der Waals surface area contributed by atoms with E-state index in [9.17, 15) is 27.2 Å². The third kappa shape index (κ3) is 3.71. The van der Waals surface area contributed by atoms with Crippen molar-refractivity contribution in [2.45, 2.75) is 20.1 Å². The van der Waals surface area contributed by atoms with Gasteiger partial charge in [-0.25, -0.2) is 8.78 Å². The second kappa shape index (κ2) is 8.43. The molecule has 1 aliphatic heterocycles. The zero-order chi connectivity index (χ0) is 23.0. The van der Waals surface area contributed by atoms with Crippen molar-refractivity contribution < 1.29 is 36.7 Å². The van der Waals surface area contributed by atoms with Gasteiger partial charge in [0, 0.05) is 0 Å². The summed E-state index contributed by atoms with van der Waals surface area (Å²) in [5, 5.41) is 0.293. The Balaban J connectivity index is 1.53. The van der Waals surface area contributed by atoms with Crippen LogP contribution >= 0.6 is 0 Å². The number of imide groups is 1. The normalized spacial score (nSPS) is 13.0. The van der Waals surface area contributed by atoms with Crippen LogP contribution in [0.15, 0.2) is 48.5 Å². The summed E-state index contributed by atoms with van der Waals surface area (Å²) >= 11 is 0. The molecule has 164 valence electrons. The molecule has 1 heterocycles. The van der Waals surface area contributed by atoms with Crippen LogP contribution in [0.5, 0.6) is 5.75 Å². The fourth-order valence-corrected chi connectivity index (χ4v) is 3.16. The summed E-state index contributed by atoms with van der Waals surface area (Å²) in [7, 11) is 0. The molecule has 0 saturated carbocycles. The molecule has 0 bridgehead atoms. The second-order valence-electron chi connectivity index (χ2n) is 7.06. The van der Waals surface area contributed by atoms with Crippen LogP contribution in [0.4, 0.5) is 17.6 Å². The van der Waals surface area contributed by atoms with Gasteiger partial charge >= 0.3 is 0 Å². The lowest BCUT2D eigenvalue weighted by Crippen LogP contribution is -2.30. The maximum absolute atomic E-state index is 14.5. The van der Waals surface area contributed by atoms with Crippen LogP contribution in [0.3, 0.4) is 0 Å². The summed E-state index contributed by atoms with van der Waals surface area (Å²) in [5.74, 6) is -9.94. The first kappa shape index (κ1) is 21.5. The van der Waals surface area contributed by atoms with Gasteiger partial charge in [0.15, 0.2) is 17.4 Å². The number of hydrogen-bond acceptors (Lipinski definition) is 4. The van der Waals surface area contributed by atoms with Crippen LogP contribution in [-0.4, -0.2) is 16.9 Å². The fraction of sp³-hybridized carbons (Fsp3) is 0.130. The molecule has 3 aromatic carbocycles. The highest BCUT2D eigenvalue weighted by atomic mass is 19.2. The van der Waals surface area contributed by atoms with Crippen LogP contribution in [0, 0.1) is 30.2 Å². The molecule has 0 saturated heterocycles. The third-order valence-electron chi connectivity index (χ3n) is 4.91. The van der Waals surface area contributed by atoms with Crippen LogP contribution < -0.4 is 4.74 Å². The van der Waals surface area contributed by atoms with E-state index in [0.29, 0.717) is 10.6 Å². The number of nitrogens with zero attached hydrogens (tertiary/aromatic N) is 1. The third-order valence-corrected chi connectivity index (χ3v) is 4.91. The van der Waals surface area contributed by atoms with Crippen molar-refractivity contribution in [2.24, 2.45) is 0 Å². The first-order valence-electron chi connectivity index (χ1n) is 9.43. The number of benzene rings is 3. The number of amides is 2. The van der Waals surface area contributed by atoms with Gasteiger partial charge in [-0.05, 0) is 24.6 Å². The zero-order valence-corrected chi connectivity index (χ0v) is 16.6. The second-order valence-corrected chi connectivity index (χ2v) is 7.06. The van der Waals surface area contributed by atoms with Crippen molar-refractivity contribution in [3.63, 3.8) is 0 Å². The minimum absolute atomic E-state index is 0.0376. The number of halogens is 4. The van der Waals surface area contributed by atoms with Gasteiger partial charge in [-0.3, -0.25) is 14.4 Å². The number of hydrogen-bond donors (Lipinski definition) is 0. The average Bonchev–Trinajstić information content (AvgIpc) is 3.04. The predicted molar refractivity (Wildman–Crippen MR) is 104 cm³/mol. The smallest absolute Gasteiger partial charge is 0.285 e. The number of ether oxygens (including phenoxy) is 1. The predicted octanol–water partition coefficient (Wildman–Crippen LogP) is 4.86. The van der Waals surface area contributed by atoms with E-state index in [1.54, 1.807) is 24.3 Å². The highest BCUT2D eigenvalue weighted by Crippen LogP contribution is 2.32. The molecule has 0 atom stereocenters. The monoisotopic (exact) mass is 445 g/mol. The summed E-state index contributed by atoms with van der Waals surface area (Å²) in [5.41, 5.74) is 0.435. The minimum atomic E-state index is -1.75. The first-order valence-corrected chi connectivity index (χ1v) is 9.43. The van der Waals surface area contributed by atoms with Gasteiger partial charge in [0.2, 0.25) is 11.6 Å². The standard InChI is InChI=1S/C23H15F4NO4/c1-12-6-8-13(9-7-12)10-31-21-19(26)17(24)16(18(25)20(21)27)11-32-28-22(29)14-4-2-3-5-15(14)23(28)30/h2-9H,10-11H2,1H3. The van der Waals surface area contributed by atoms with E-state index < -0.39 is 53.0 Å². The van der Waals surface area contributed by atoms with Crippen molar-refractivity contribution in [1.29, 1.82) is 0 Å². The van der Waals surface area contributed by atoms with E-state index in [4.69, 9.17) is 9.57 Å². The number of carbonyl (C=O) groups excluding carboxylic acids is 2. The lowest BCUT2D eigenvalue weighted by Gasteiger charge is -2.16. The average molecular weight is 445 g/mol. The van der Waals surface area contributed by atoms with Crippen LogP contribution in [0.25, 0.3) is 0 Å². The molecule has 0 aliphatic carbocycles. The van der Waals surface area contributed by atoms with E-state index in [1.807, 2.05) is 6.92 Å². The Kier molecular flexibility index (Phi) is 5.67. The number of carbonyl (C=O) groups is 2. The van der Waals surface area contributed by atoms with Crippen LogP contribution in [-0.2, 0) is 18.1 Å². The molecule has 0 aromatic heterocycles. The van der Waals surface area contributed by atoms with Crippen molar-refractivity contribution in [1.82, 2.24) is 5.06 Å². The molecule has 0 N–H and O–H groups in total. The lowest BCUT2D eigenvalue weighted by molar-refractivity contribution is -0.102. The minimum Gasteiger partial charge on any atom is -0.483 e. The van der Waals surface area contributed by atoms with Gasteiger partial charge in [0.05, 0.1) is 16.7 Å². The Hall–Kier alpha value is -3.72. The molecule has 0 fully saturated rings. The molecule has 5 nitrogen and oxygen atoms in total. The highest BCUT2D eigenvalue weighted by molar-refractivity contribution is 6.20. The molecule has 3 aromatic rings. The zero-order valence-electron chi connectivity index (χ0n) is 16.6. The molecule has 2 amide bonds. The van der Waals surface area contributed by atoms with Crippen LogP contribution in [0.1, 0.15) is 37.4 Å². The van der Waals surface area contributed by atoms with E-state index in [-0.39, 0.29) is 17.7 Å². The molecule has 9 heteroatoms. The Morgan fingerprint density at radius 3 is 1.81 bits per heavy atom. The first-order chi connectivity index (χ1) is 15.3. The van der Waals surface area contributed by atoms with Crippen molar-refractivity contribution in [2.75, 3.05) is 0 Å². The summed E-state index contributed by atoms with van der Waals surface area (Å²) < 4.78 is 62.8. The van der Waals surface area contributed by atoms with Gasteiger partial charge in [0.1, 0.15) is 13.2 Å². The largest absolute Gasteiger partial charge is 0.483 e.